The SMILES string of the molecule is CCCCC1COCCO1.Cc1nnc(N)s1. The molecule has 98 valence electrons. The highest BCUT2D eigenvalue weighted by Crippen LogP contribution is 2.08. The summed E-state index contributed by atoms with van der Waals surface area (Å²) >= 11 is 1.40. The zero-order valence-corrected chi connectivity index (χ0v) is 11.3. The molecule has 0 radical (unpaired) electrons. The predicted octanol–water partition coefficient (Wildman–Crippen LogP) is 2.02. The molecule has 2 heterocycles. The van der Waals surface area contributed by atoms with Gasteiger partial charge in [0.25, 0.3) is 0 Å². The average molecular weight is 259 g/mol. The lowest BCUT2D eigenvalue weighted by Crippen LogP contribution is -2.28. The third-order valence-corrected chi connectivity index (χ3v) is 2.97. The van der Waals surface area contributed by atoms with Crippen LogP contribution in [-0.4, -0.2) is 36.1 Å². The Morgan fingerprint density at radius 2 is 2.24 bits per heavy atom. The molecule has 1 aliphatic heterocycles. The summed E-state index contributed by atoms with van der Waals surface area (Å²) in [5, 5.41) is 8.68. The van der Waals surface area contributed by atoms with Gasteiger partial charge in [0.1, 0.15) is 5.01 Å². The summed E-state index contributed by atoms with van der Waals surface area (Å²) in [6.07, 6.45) is 4.05. The maximum absolute atomic E-state index is 5.46. The van der Waals surface area contributed by atoms with E-state index in [1.165, 1.54) is 24.2 Å². The van der Waals surface area contributed by atoms with E-state index in [4.69, 9.17) is 15.2 Å². The maximum Gasteiger partial charge on any atom is 0.203 e. The first-order valence-corrected chi connectivity index (χ1v) is 6.79. The molecule has 0 amide bonds. The summed E-state index contributed by atoms with van der Waals surface area (Å²) in [6.45, 7) is 6.44. The van der Waals surface area contributed by atoms with Gasteiger partial charge in [-0.2, -0.15) is 0 Å². The molecule has 1 aliphatic rings. The number of ether oxygens (including phenoxy) is 2. The zero-order valence-electron chi connectivity index (χ0n) is 10.5. The van der Waals surface area contributed by atoms with E-state index in [0.717, 1.165) is 31.2 Å². The summed E-state index contributed by atoms with van der Waals surface area (Å²) in [4.78, 5) is 0. The van der Waals surface area contributed by atoms with E-state index < -0.39 is 0 Å². The van der Waals surface area contributed by atoms with Crippen LogP contribution in [0.3, 0.4) is 0 Å². The molecule has 0 bridgehead atoms. The fraction of sp³-hybridized carbons (Fsp3) is 0.818. The summed E-state index contributed by atoms with van der Waals surface area (Å²) in [5.74, 6) is 0. The molecule has 0 spiro atoms. The van der Waals surface area contributed by atoms with Gasteiger partial charge in [-0.3, -0.25) is 0 Å². The Balaban J connectivity index is 0.000000181. The van der Waals surface area contributed by atoms with E-state index in [0.29, 0.717) is 11.2 Å². The van der Waals surface area contributed by atoms with Gasteiger partial charge in [0.2, 0.25) is 5.13 Å². The number of aromatic nitrogens is 2. The van der Waals surface area contributed by atoms with Gasteiger partial charge in [-0.25, -0.2) is 0 Å². The maximum atomic E-state index is 5.46. The fourth-order valence-corrected chi connectivity index (χ4v) is 1.91. The first-order valence-electron chi connectivity index (χ1n) is 5.97. The number of unbranched alkanes of at least 4 members (excludes halogenated alkanes) is 1. The van der Waals surface area contributed by atoms with Crippen LogP contribution in [0.15, 0.2) is 0 Å². The quantitative estimate of drug-likeness (QED) is 0.899. The van der Waals surface area contributed by atoms with Crippen molar-refractivity contribution in [3.05, 3.63) is 5.01 Å². The Morgan fingerprint density at radius 3 is 2.65 bits per heavy atom. The van der Waals surface area contributed by atoms with Crippen LogP contribution in [0.1, 0.15) is 31.2 Å². The van der Waals surface area contributed by atoms with Gasteiger partial charge in [0, 0.05) is 0 Å². The minimum absolute atomic E-state index is 0.383. The van der Waals surface area contributed by atoms with Gasteiger partial charge in [0.15, 0.2) is 0 Å². The lowest BCUT2D eigenvalue weighted by molar-refractivity contribution is -0.0911. The highest BCUT2D eigenvalue weighted by atomic mass is 32.1. The molecular formula is C11H21N3O2S. The van der Waals surface area contributed by atoms with Crippen molar-refractivity contribution in [3.63, 3.8) is 0 Å². The van der Waals surface area contributed by atoms with Crippen molar-refractivity contribution in [1.29, 1.82) is 0 Å². The normalized spacial score (nSPS) is 19.5. The monoisotopic (exact) mass is 259 g/mol. The van der Waals surface area contributed by atoms with Crippen LogP contribution < -0.4 is 5.73 Å². The van der Waals surface area contributed by atoms with Crippen molar-refractivity contribution in [2.24, 2.45) is 0 Å². The first kappa shape index (κ1) is 14.3. The van der Waals surface area contributed by atoms with Gasteiger partial charge in [-0.15, -0.1) is 10.2 Å². The molecule has 1 atom stereocenters. The van der Waals surface area contributed by atoms with E-state index in [-0.39, 0.29) is 0 Å². The van der Waals surface area contributed by atoms with Crippen LogP contribution in [0, 0.1) is 6.92 Å². The highest BCUT2D eigenvalue weighted by Gasteiger charge is 2.12. The van der Waals surface area contributed by atoms with Crippen LogP contribution in [0.4, 0.5) is 5.13 Å². The standard InChI is InChI=1S/C8H16O2.C3H5N3S/c1-2-3-4-8-7-9-5-6-10-8;1-2-5-6-3(4)7-2/h8H,2-7H2,1H3;1H3,(H2,4,6). The Morgan fingerprint density at radius 1 is 1.41 bits per heavy atom. The lowest BCUT2D eigenvalue weighted by Gasteiger charge is -2.22. The molecule has 1 aromatic rings. The molecule has 17 heavy (non-hydrogen) atoms. The van der Waals surface area contributed by atoms with E-state index in [9.17, 15) is 0 Å². The third-order valence-electron chi connectivity index (χ3n) is 2.31. The summed E-state index contributed by atoms with van der Waals surface area (Å²) in [5.41, 5.74) is 5.22. The lowest BCUT2D eigenvalue weighted by atomic mass is 10.2. The second kappa shape index (κ2) is 8.38. The number of rotatable bonds is 3. The molecule has 1 fully saturated rings. The Kier molecular flexibility index (Phi) is 7.07. The van der Waals surface area contributed by atoms with Crippen molar-refractivity contribution in [2.45, 2.75) is 39.2 Å². The smallest absolute Gasteiger partial charge is 0.203 e. The summed E-state index contributed by atoms with van der Waals surface area (Å²) in [7, 11) is 0. The number of nitrogens with zero attached hydrogens (tertiary/aromatic N) is 2. The zero-order chi connectivity index (χ0) is 12.5. The largest absolute Gasteiger partial charge is 0.376 e. The van der Waals surface area contributed by atoms with Gasteiger partial charge in [-0.1, -0.05) is 31.1 Å². The second-order valence-corrected chi connectivity index (χ2v) is 5.08. The van der Waals surface area contributed by atoms with E-state index in [1.807, 2.05) is 6.92 Å². The minimum Gasteiger partial charge on any atom is -0.376 e. The van der Waals surface area contributed by atoms with Crippen molar-refractivity contribution in [1.82, 2.24) is 10.2 Å². The van der Waals surface area contributed by atoms with Crippen LogP contribution in [0.5, 0.6) is 0 Å². The molecule has 0 aliphatic carbocycles. The topological polar surface area (TPSA) is 70.3 Å². The predicted molar refractivity (Wildman–Crippen MR) is 69.1 cm³/mol. The van der Waals surface area contributed by atoms with Crippen molar-refractivity contribution >= 4 is 16.5 Å². The molecule has 2 N–H and O–H groups in total. The molecule has 6 heteroatoms. The van der Waals surface area contributed by atoms with Crippen LogP contribution in [-0.2, 0) is 9.47 Å². The van der Waals surface area contributed by atoms with E-state index in [1.54, 1.807) is 0 Å². The Labute approximate surface area is 106 Å². The molecule has 2 rings (SSSR count). The third kappa shape index (κ3) is 6.55. The van der Waals surface area contributed by atoms with Crippen LogP contribution >= 0.6 is 11.3 Å². The molecule has 1 aromatic heterocycles. The van der Waals surface area contributed by atoms with Crippen LogP contribution in [0.2, 0.25) is 0 Å². The van der Waals surface area contributed by atoms with Crippen molar-refractivity contribution in [3.8, 4) is 0 Å². The number of anilines is 1. The summed E-state index contributed by atoms with van der Waals surface area (Å²) in [6, 6.07) is 0. The minimum atomic E-state index is 0.383. The molecular weight excluding hydrogens is 238 g/mol. The van der Waals surface area contributed by atoms with E-state index >= 15 is 0 Å². The second-order valence-electron chi connectivity index (χ2n) is 3.87. The van der Waals surface area contributed by atoms with Gasteiger partial charge in [-0.05, 0) is 13.3 Å². The molecule has 1 unspecified atom stereocenters. The fourth-order valence-electron chi connectivity index (χ4n) is 1.45. The van der Waals surface area contributed by atoms with Gasteiger partial charge < -0.3 is 15.2 Å². The van der Waals surface area contributed by atoms with E-state index in [2.05, 4.69) is 17.1 Å². The number of hydrogen-bond donors (Lipinski definition) is 1. The number of nitrogens with two attached hydrogens (primary N) is 1. The number of aryl methyl sites for hydroxylation is 1. The molecule has 5 nitrogen and oxygen atoms in total. The van der Waals surface area contributed by atoms with Gasteiger partial charge >= 0.3 is 0 Å². The Bertz CT molecular complexity index is 284. The van der Waals surface area contributed by atoms with Crippen molar-refractivity contribution < 1.29 is 9.47 Å². The number of nitrogen functional groups attached to an aromatic ring is 1. The Hall–Kier alpha value is -0.720. The van der Waals surface area contributed by atoms with Crippen LogP contribution in [0.25, 0.3) is 0 Å². The number of hydrogen-bond acceptors (Lipinski definition) is 6. The van der Waals surface area contributed by atoms with Crippen molar-refractivity contribution in [2.75, 3.05) is 25.6 Å². The highest BCUT2D eigenvalue weighted by molar-refractivity contribution is 7.14. The molecule has 0 saturated carbocycles. The average Bonchev–Trinajstić information content (AvgIpc) is 2.73. The molecule has 1 saturated heterocycles. The van der Waals surface area contributed by atoms with Gasteiger partial charge in [0.05, 0.1) is 25.9 Å². The summed E-state index contributed by atoms with van der Waals surface area (Å²) < 4.78 is 10.7. The molecule has 0 aromatic carbocycles. The first-order chi connectivity index (χ1) is 8.22.